The largest absolute Gasteiger partial charge is 0.337 e. The minimum absolute atomic E-state index is 0.212. The molecule has 0 saturated heterocycles. The molecule has 0 aliphatic carbocycles. The van der Waals surface area contributed by atoms with Gasteiger partial charge in [-0.25, -0.2) is 4.98 Å². The molecule has 0 saturated carbocycles. The second kappa shape index (κ2) is 7.05. The minimum atomic E-state index is 0.212. The van der Waals surface area contributed by atoms with Gasteiger partial charge in [0.1, 0.15) is 5.15 Å². The van der Waals surface area contributed by atoms with Gasteiger partial charge in [0.15, 0.2) is 5.82 Å². The Morgan fingerprint density at radius 2 is 1.90 bits per heavy atom. The monoisotopic (exact) mass is 361 g/mol. The third-order valence-electron chi connectivity index (χ3n) is 2.84. The van der Waals surface area contributed by atoms with E-state index in [1.165, 1.54) is 0 Å². The average Bonchev–Trinajstić information content (AvgIpc) is 2.44. The Morgan fingerprint density at radius 1 is 1.19 bits per heavy atom. The summed E-state index contributed by atoms with van der Waals surface area (Å²) in [5.41, 5.74) is 1.85. The van der Waals surface area contributed by atoms with Gasteiger partial charge in [-0.05, 0) is 24.3 Å². The van der Waals surface area contributed by atoms with E-state index in [1.54, 1.807) is 24.0 Å². The molecule has 7 heteroatoms. The van der Waals surface area contributed by atoms with E-state index in [4.69, 9.17) is 34.8 Å². The zero-order valence-corrected chi connectivity index (χ0v) is 14.8. The molecule has 0 aliphatic rings. The number of halogens is 3. The molecule has 0 bridgehead atoms. The molecule has 3 nitrogen and oxygen atoms in total. The molecule has 1 N–H and O–H groups in total. The van der Waals surface area contributed by atoms with E-state index in [0.29, 0.717) is 15.9 Å². The summed E-state index contributed by atoms with van der Waals surface area (Å²) in [6.07, 6.45) is 3.81. The first-order valence-corrected chi connectivity index (χ1v) is 8.61. The lowest BCUT2D eigenvalue weighted by Gasteiger charge is -2.17. The Labute approximate surface area is 143 Å². The van der Waals surface area contributed by atoms with Gasteiger partial charge in [0.2, 0.25) is 0 Å². The van der Waals surface area contributed by atoms with E-state index in [9.17, 15) is 0 Å². The van der Waals surface area contributed by atoms with Gasteiger partial charge in [-0.1, -0.05) is 48.7 Å². The smallest absolute Gasteiger partial charge is 0.151 e. The topological polar surface area (TPSA) is 37.8 Å². The van der Waals surface area contributed by atoms with E-state index < -0.39 is 0 Å². The number of hydrogen-bond acceptors (Lipinski definition) is 4. The van der Waals surface area contributed by atoms with Gasteiger partial charge in [0.25, 0.3) is 0 Å². The molecule has 2 rings (SSSR count). The van der Waals surface area contributed by atoms with Crippen molar-refractivity contribution in [2.45, 2.75) is 24.7 Å². The quantitative estimate of drug-likeness (QED) is 0.532. The van der Waals surface area contributed by atoms with Crippen LogP contribution in [0.1, 0.15) is 25.5 Å². The number of pyridine rings is 2. The lowest BCUT2D eigenvalue weighted by Crippen LogP contribution is -2.04. The van der Waals surface area contributed by atoms with Crippen molar-refractivity contribution in [2.75, 3.05) is 11.6 Å². The predicted molar refractivity (Wildman–Crippen MR) is 92.7 cm³/mol. The lowest BCUT2D eigenvalue weighted by atomic mass is 10.1. The number of hydrogen-bond donors (Lipinski definition) is 1. The maximum atomic E-state index is 6.18. The van der Waals surface area contributed by atoms with Crippen LogP contribution in [0.25, 0.3) is 0 Å². The molecular formula is C14H14Cl3N3S. The normalized spacial score (nSPS) is 11.0. The molecule has 21 heavy (non-hydrogen) atoms. The van der Waals surface area contributed by atoms with Gasteiger partial charge in [0, 0.05) is 11.1 Å². The summed E-state index contributed by atoms with van der Waals surface area (Å²) in [5, 5.41) is 4.19. The number of thioether (sulfide) groups is 1. The maximum Gasteiger partial charge on any atom is 0.151 e. The van der Waals surface area contributed by atoms with Crippen LogP contribution in [0.3, 0.4) is 0 Å². The second-order valence-corrected chi connectivity index (χ2v) is 6.67. The Kier molecular flexibility index (Phi) is 5.60. The highest BCUT2D eigenvalue weighted by molar-refractivity contribution is 7.98. The molecule has 2 aromatic heterocycles. The van der Waals surface area contributed by atoms with Crippen molar-refractivity contribution in [3.63, 3.8) is 0 Å². The summed E-state index contributed by atoms with van der Waals surface area (Å²) >= 11 is 19.7. The van der Waals surface area contributed by atoms with Crippen LogP contribution in [0.2, 0.25) is 15.2 Å². The van der Waals surface area contributed by atoms with Crippen molar-refractivity contribution in [2.24, 2.45) is 0 Å². The fourth-order valence-electron chi connectivity index (χ4n) is 1.84. The first kappa shape index (κ1) is 16.7. The molecule has 0 radical (unpaired) electrons. The molecule has 2 heterocycles. The van der Waals surface area contributed by atoms with Crippen molar-refractivity contribution in [3.8, 4) is 0 Å². The van der Waals surface area contributed by atoms with Crippen LogP contribution in [0.4, 0.5) is 11.5 Å². The fraction of sp³-hybridized carbons (Fsp3) is 0.286. The molecule has 0 unspecified atom stereocenters. The van der Waals surface area contributed by atoms with Crippen LogP contribution in [0.5, 0.6) is 0 Å². The van der Waals surface area contributed by atoms with E-state index in [1.807, 2.05) is 12.3 Å². The third kappa shape index (κ3) is 3.75. The van der Waals surface area contributed by atoms with Crippen molar-refractivity contribution >= 4 is 58.1 Å². The fourth-order valence-corrected chi connectivity index (χ4v) is 2.94. The van der Waals surface area contributed by atoms with E-state index in [0.717, 1.165) is 16.3 Å². The summed E-state index contributed by atoms with van der Waals surface area (Å²) in [5.74, 6) is 0.734. The Morgan fingerprint density at radius 3 is 2.52 bits per heavy atom. The van der Waals surface area contributed by atoms with Gasteiger partial charge in [-0.3, -0.25) is 4.98 Å². The number of aromatic nitrogens is 2. The molecule has 112 valence electrons. The Bertz CT molecular complexity index is 662. The van der Waals surface area contributed by atoms with Crippen LogP contribution in [0, 0.1) is 0 Å². The van der Waals surface area contributed by atoms with Gasteiger partial charge < -0.3 is 5.32 Å². The standard InChI is InChI=1S/C14H14Cl3N3S/c1-7(2)11-12(10(21-3)4-5-18-11)19-14-9(16)6-8(15)13(17)20-14/h4-7H,1-3H3,(H,19,20). The summed E-state index contributed by atoms with van der Waals surface area (Å²) in [7, 11) is 0. The molecule has 0 aliphatic heterocycles. The maximum absolute atomic E-state index is 6.18. The van der Waals surface area contributed by atoms with Crippen LogP contribution in [0.15, 0.2) is 23.2 Å². The molecular weight excluding hydrogens is 349 g/mol. The molecule has 0 aromatic carbocycles. The lowest BCUT2D eigenvalue weighted by molar-refractivity contribution is 0.820. The summed E-state index contributed by atoms with van der Waals surface area (Å²) in [4.78, 5) is 9.71. The summed E-state index contributed by atoms with van der Waals surface area (Å²) in [6.45, 7) is 4.17. The van der Waals surface area contributed by atoms with E-state index in [2.05, 4.69) is 29.1 Å². The second-order valence-electron chi connectivity index (χ2n) is 4.64. The average molecular weight is 363 g/mol. The first-order valence-electron chi connectivity index (χ1n) is 6.25. The highest BCUT2D eigenvalue weighted by atomic mass is 35.5. The van der Waals surface area contributed by atoms with Gasteiger partial charge >= 0.3 is 0 Å². The van der Waals surface area contributed by atoms with E-state index >= 15 is 0 Å². The van der Waals surface area contributed by atoms with Crippen molar-refractivity contribution in [3.05, 3.63) is 39.2 Å². The first-order chi connectivity index (χ1) is 9.93. The Hall–Kier alpha value is -0.680. The highest BCUT2D eigenvalue weighted by Gasteiger charge is 2.15. The van der Waals surface area contributed by atoms with Gasteiger partial charge in [-0.15, -0.1) is 11.8 Å². The van der Waals surface area contributed by atoms with Crippen LogP contribution >= 0.6 is 46.6 Å². The molecule has 0 fully saturated rings. The minimum Gasteiger partial charge on any atom is -0.337 e. The highest BCUT2D eigenvalue weighted by Crippen LogP contribution is 2.36. The zero-order valence-electron chi connectivity index (χ0n) is 11.7. The molecule has 2 aromatic rings. The number of anilines is 2. The van der Waals surface area contributed by atoms with Crippen molar-refractivity contribution in [1.82, 2.24) is 9.97 Å². The van der Waals surface area contributed by atoms with Crippen molar-refractivity contribution < 1.29 is 0 Å². The number of nitrogens with zero attached hydrogens (tertiary/aromatic N) is 2. The van der Waals surface area contributed by atoms with E-state index in [-0.39, 0.29) is 11.1 Å². The SMILES string of the molecule is CSc1ccnc(C(C)C)c1Nc1nc(Cl)c(Cl)cc1Cl. The third-order valence-corrected chi connectivity index (χ3v) is 4.58. The Balaban J connectivity index is 2.50. The summed E-state index contributed by atoms with van der Waals surface area (Å²) < 4.78 is 0. The predicted octanol–water partition coefficient (Wildman–Crippen LogP) is 6.03. The van der Waals surface area contributed by atoms with Crippen LogP contribution in [-0.4, -0.2) is 16.2 Å². The van der Waals surface area contributed by atoms with Gasteiger partial charge in [0.05, 0.1) is 21.4 Å². The zero-order chi connectivity index (χ0) is 15.6. The number of rotatable bonds is 4. The molecule has 0 atom stereocenters. The van der Waals surface area contributed by atoms with Gasteiger partial charge in [-0.2, -0.15) is 0 Å². The molecule has 0 spiro atoms. The number of nitrogens with one attached hydrogen (secondary N) is 1. The van der Waals surface area contributed by atoms with Crippen molar-refractivity contribution in [1.29, 1.82) is 0 Å². The van der Waals surface area contributed by atoms with Crippen LogP contribution < -0.4 is 5.32 Å². The summed E-state index contributed by atoms with van der Waals surface area (Å²) in [6, 6.07) is 3.52. The van der Waals surface area contributed by atoms with Crippen LogP contribution in [-0.2, 0) is 0 Å². The molecule has 0 amide bonds.